The quantitative estimate of drug-likeness (QED) is 0.457. The fourth-order valence-corrected chi connectivity index (χ4v) is 4.33. The van der Waals surface area contributed by atoms with Crippen molar-refractivity contribution in [3.63, 3.8) is 0 Å². The lowest BCUT2D eigenvalue weighted by Crippen LogP contribution is -2.28. The molecule has 1 fully saturated rings. The van der Waals surface area contributed by atoms with Crippen LogP contribution in [0.5, 0.6) is 0 Å². The van der Waals surface area contributed by atoms with E-state index in [4.69, 9.17) is 0 Å². The Morgan fingerprint density at radius 2 is 1.86 bits per heavy atom. The number of aryl methyl sites for hydroxylation is 2. The lowest BCUT2D eigenvalue weighted by Gasteiger charge is -2.16. The van der Waals surface area contributed by atoms with Gasteiger partial charge in [-0.1, -0.05) is 32.0 Å². The fourth-order valence-electron chi connectivity index (χ4n) is 4.33. The summed E-state index contributed by atoms with van der Waals surface area (Å²) in [5.41, 5.74) is 4.62. The van der Waals surface area contributed by atoms with Crippen molar-refractivity contribution in [1.29, 1.82) is 0 Å². The molecular weight excluding hydrogens is 447 g/mol. The van der Waals surface area contributed by atoms with Crippen LogP contribution in [0.2, 0.25) is 0 Å². The van der Waals surface area contributed by atoms with Gasteiger partial charge in [0.1, 0.15) is 5.82 Å². The van der Waals surface area contributed by atoms with Gasteiger partial charge < -0.3 is 10.2 Å². The molecule has 0 aliphatic carbocycles. The summed E-state index contributed by atoms with van der Waals surface area (Å²) in [5, 5.41) is 7.51. The Hall–Kier alpha value is -4.14. The Balaban J connectivity index is 1.28. The van der Waals surface area contributed by atoms with Crippen LogP contribution in [0.3, 0.4) is 0 Å². The molecule has 1 N–H and O–H groups in total. The molecule has 2 aromatic carbocycles. The first-order valence-corrected chi connectivity index (χ1v) is 11.7. The third kappa shape index (κ3) is 4.49. The van der Waals surface area contributed by atoms with Gasteiger partial charge in [-0.05, 0) is 43.2 Å². The minimum Gasteiger partial charge on any atom is -0.326 e. The predicted molar refractivity (Wildman–Crippen MR) is 130 cm³/mol. The molecule has 0 bridgehead atoms. The number of imidazole rings is 1. The van der Waals surface area contributed by atoms with Crippen molar-refractivity contribution in [2.75, 3.05) is 16.8 Å². The molecule has 35 heavy (non-hydrogen) atoms. The van der Waals surface area contributed by atoms with Crippen LogP contribution < -0.4 is 10.2 Å². The van der Waals surface area contributed by atoms with E-state index < -0.39 is 11.7 Å². The van der Waals surface area contributed by atoms with Crippen LogP contribution >= 0.6 is 0 Å². The standard InChI is InChI=1S/C26H25FN6O2/c1-3-21-22(4-2)31-33-15-23(30-26(33)29-21)16-8-10-19(11-9-16)28-25(35)17-12-24(34)32(14-17)20-7-5-6-18(27)13-20/h5-11,13,15,17H,3-4,12,14H2,1-2H3,(H,28,35). The molecule has 0 spiro atoms. The number of nitrogens with one attached hydrogen (secondary N) is 1. The number of halogens is 1. The van der Waals surface area contributed by atoms with E-state index >= 15 is 0 Å². The Kier molecular flexibility index (Phi) is 5.98. The first kappa shape index (κ1) is 22.6. The van der Waals surface area contributed by atoms with Gasteiger partial charge in [0, 0.05) is 29.9 Å². The average Bonchev–Trinajstić information content (AvgIpc) is 3.46. The van der Waals surface area contributed by atoms with Gasteiger partial charge in [0.2, 0.25) is 11.8 Å². The van der Waals surface area contributed by atoms with Crippen LogP contribution in [0.25, 0.3) is 17.0 Å². The largest absolute Gasteiger partial charge is 0.326 e. The van der Waals surface area contributed by atoms with Gasteiger partial charge in [-0.25, -0.2) is 18.9 Å². The maximum Gasteiger partial charge on any atom is 0.251 e. The van der Waals surface area contributed by atoms with Crippen molar-refractivity contribution < 1.29 is 14.0 Å². The van der Waals surface area contributed by atoms with Gasteiger partial charge in [0.05, 0.1) is 29.2 Å². The number of carbonyl (C=O) groups excluding carboxylic acids is 2. The Morgan fingerprint density at radius 1 is 1.09 bits per heavy atom. The molecule has 1 aliphatic heterocycles. The third-order valence-corrected chi connectivity index (χ3v) is 6.20. The number of aromatic nitrogens is 4. The number of hydrogen-bond acceptors (Lipinski definition) is 5. The highest BCUT2D eigenvalue weighted by Crippen LogP contribution is 2.27. The number of carbonyl (C=O) groups is 2. The van der Waals surface area contributed by atoms with Crippen molar-refractivity contribution in [3.05, 3.63) is 71.9 Å². The molecule has 1 saturated heterocycles. The third-order valence-electron chi connectivity index (χ3n) is 6.20. The molecule has 0 radical (unpaired) electrons. The van der Waals surface area contributed by atoms with Crippen molar-refractivity contribution in [2.45, 2.75) is 33.1 Å². The van der Waals surface area contributed by atoms with Crippen LogP contribution in [0.1, 0.15) is 31.7 Å². The number of hydrogen-bond donors (Lipinski definition) is 1. The summed E-state index contributed by atoms with van der Waals surface area (Å²) < 4.78 is 15.2. The highest BCUT2D eigenvalue weighted by atomic mass is 19.1. The summed E-state index contributed by atoms with van der Waals surface area (Å²) in [6.07, 6.45) is 3.54. The van der Waals surface area contributed by atoms with E-state index in [1.807, 2.05) is 18.3 Å². The van der Waals surface area contributed by atoms with Crippen LogP contribution in [-0.2, 0) is 22.4 Å². The summed E-state index contributed by atoms with van der Waals surface area (Å²) >= 11 is 0. The van der Waals surface area contributed by atoms with Crippen LogP contribution in [0.15, 0.2) is 54.7 Å². The Bertz CT molecular complexity index is 1370. The topological polar surface area (TPSA) is 92.5 Å². The smallest absolute Gasteiger partial charge is 0.251 e. The van der Waals surface area contributed by atoms with E-state index in [0.29, 0.717) is 17.2 Å². The van der Waals surface area contributed by atoms with Gasteiger partial charge in [-0.3, -0.25) is 9.59 Å². The zero-order valence-corrected chi connectivity index (χ0v) is 19.5. The second-order valence-electron chi connectivity index (χ2n) is 8.53. The number of amides is 2. The first-order valence-electron chi connectivity index (χ1n) is 11.7. The average molecular weight is 473 g/mol. The fraction of sp³-hybridized carbons (Fsp3) is 0.269. The minimum absolute atomic E-state index is 0.0845. The monoisotopic (exact) mass is 472 g/mol. The lowest BCUT2D eigenvalue weighted by atomic mass is 10.1. The summed E-state index contributed by atoms with van der Waals surface area (Å²) in [7, 11) is 0. The van der Waals surface area contributed by atoms with Crippen molar-refractivity contribution in [1.82, 2.24) is 19.6 Å². The summed E-state index contributed by atoms with van der Waals surface area (Å²) in [4.78, 5) is 35.9. The van der Waals surface area contributed by atoms with Crippen molar-refractivity contribution >= 4 is 29.0 Å². The van der Waals surface area contributed by atoms with Gasteiger partial charge in [0.15, 0.2) is 0 Å². The van der Waals surface area contributed by atoms with Crippen molar-refractivity contribution in [2.24, 2.45) is 5.92 Å². The lowest BCUT2D eigenvalue weighted by molar-refractivity contribution is -0.122. The molecule has 2 aromatic heterocycles. The van der Waals surface area contributed by atoms with E-state index in [1.54, 1.807) is 28.8 Å². The maximum atomic E-state index is 13.5. The SMILES string of the molecule is CCc1nc2nc(-c3ccc(NC(=O)C4CC(=O)N(c5cccc(F)c5)C4)cc3)cn2nc1CC. The Morgan fingerprint density at radius 3 is 2.57 bits per heavy atom. The summed E-state index contributed by atoms with van der Waals surface area (Å²) in [5.74, 6) is -0.818. The highest BCUT2D eigenvalue weighted by Gasteiger charge is 2.35. The number of fused-ring (bicyclic) bond motifs is 1. The molecule has 3 heterocycles. The number of rotatable bonds is 6. The molecule has 9 heteroatoms. The molecule has 8 nitrogen and oxygen atoms in total. The maximum absolute atomic E-state index is 13.5. The molecular formula is C26H25FN6O2. The zero-order chi connectivity index (χ0) is 24.5. The van der Waals surface area contributed by atoms with E-state index in [9.17, 15) is 14.0 Å². The zero-order valence-electron chi connectivity index (χ0n) is 19.5. The second kappa shape index (κ2) is 9.25. The van der Waals surface area contributed by atoms with Gasteiger partial charge in [-0.2, -0.15) is 5.10 Å². The van der Waals surface area contributed by atoms with E-state index in [-0.39, 0.29) is 24.8 Å². The first-order chi connectivity index (χ1) is 16.9. The molecule has 1 atom stereocenters. The molecule has 0 saturated carbocycles. The van der Waals surface area contributed by atoms with Gasteiger partial charge in [0.25, 0.3) is 5.78 Å². The summed E-state index contributed by atoms with van der Waals surface area (Å²) in [6.45, 7) is 4.32. The van der Waals surface area contributed by atoms with Crippen LogP contribution in [0, 0.1) is 11.7 Å². The molecule has 1 aliphatic rings. The number of anilines is 2. The Labute approximate surface area is 201 Å². The van der Waals surface area contributed by atoms with Gasteiger partial charge in [-0.15, -0.1) is 0 Å². The predicted octanol–water partition coefficient (Wildman–Crippen LogP) is 4.05. The van der Waals surface area contributed by atoms with Crippen LogP contribution in [0.4, 0.5) is 15.8 Å². The molecule has 5 rings (SSSR count). The van der Waals surface area contributed by atoms with E-state index in [0.717, 1.165) is 35.5 Å². The second-order valence-corrected chi connectivity index (χ2v) is 8.53. The van der Waals surface area contributed by atoms with Crippen molar-refractivity contribution in [3.8, 4) is 11.3 Å². The highest BCUT2D eigenvalue weighted by molar-refractivity contribution is 6.03. The summed E-state index contributed by atoms with van der Waals surface area (Å²) in [6, 6.07) is 13.2. The van der Waals surface area contributed by atoms with E-state index in [2.05, 4.69) is 34.2 Å². The van der Waals surface area contributed by atoms with Gasteiger partial charge >= 0.3 is 0 Å². The van der Waals surface area contributed by atoms with E-state index in [1.165, 1.54) is 17.0 Å². The molecule has 2 amide bonds. The minimum atomic E-state index is -0.512. The van der Waals surface area contributed by atoms with Crippen LogP contribution in [-0.4, -0.2) is 37.9 Å². The molecule has 1 unspecified atom stereocenters. The molecule has 178 valence electrons. The number of benzene rings is 2. The molecule has 4 aromatic rings. The normalized spacial score (nSPS) is 15.7. The number of nitrogens with zero attached hydrogens (tertiary/aromatic N) is 5.